The summed E-state index contributed by atoms with van der Waals surface area (Å²) in [5.74, 6) is -2.51. The first kappa shape index (κ1) is 15.6. The summed E-state index contributed by atoms with van der Waals surface area (Å²) in [4.78, 5) is 21.6. The molecule has 0 unspecified atom stereocenters. The minimum Gasteiger partial charge on any atom is -0.478 e. The number of rotatable bonds is 5. The molecule has 0 atom stereocenters. The standard InChI is InChI=1S/C7H15NO.C4H4O4/c1-9-7-6-8-4-2-3-5-8;5-3(6)1-2-4(7)8/h2-7H2,1H3;1-2H,(H,5,6)(H,7,8)/b;2-1-. The SMILES string of the molecule is COCCN1CCCC1.O=C(O)/C=C\C(=O)O. The largest absolute Gasteiger partial charge is 0.478 e. The zero-order valence-corrected chi connectivity index (χ0v) is 9.96. The molecule has 1 fully saturated rings. The lowest BCUT2D eigenvalue weighted by molar-refractivity contribution is -0.134. The number of nitrogens with zero attached hydrogens (tertiary/aromatic N) is 1. The highest BCUT2D eigenvalue weighted by Crippen LogP contribution is 2.05. The van der Waals surface area contributed by atoms with Gasteiger partial charge in [0, 0.05) is 25.8 Å². The highest BCUT2D eigenvalue weighted by Gasteiger charge is 2.09. The molecule has 0 aromatic rings. The Morgan fingerprint density at radius 2 is 1.65 bits per heavy atom. The fraction of sp³-hybridized carbons (Fsp3) is 0.636. The smallest absolute Gasteiger partial charge is 0.328 e. The van der Waals surface area contributed by atoms with Crippen LogP contribution in [0.15, 0.2) is 12.2 Å². The van der Waals surface area contributed by atoms with Crippen molar-refractivity contribution in [1.29, 1.82) is 0 Å². The molecule has 1 rings (SSSR count). The second-order valence-corrected chi connectivity index (χ2v) is 3.55. The summed E-state index contributed by atoms with van der Waals surface area (Å²) in [6.07, 6.45) is 3.87. The summed E-state index contributed by atoms with van der Waals surface area (Å²) in [7, 11) is 1.76. The quantitative estimate of drug-likeness (QED) is 0.683. The molecule has 0 aromatic heterocycles. The molecule has 0 spiro atoms. The van der Waals surface area contributed by atoms with E-state index >= 15 is 0 Å². The lowest BCUT2D eigenvalue weighted by Gasteiger charge is -2.12. The molecular formula is C11H19NO5. The van der Waals surface area contributed by atoms with Crippen LogP contribution in [0.1, 0.15) is 12.8 Å². The van der Waals surface area contributed by atoms with Crippen molar-refractivity contribution in [3.05, 3.63) is 12.2 Å². The van der Waals surface area contributed by atoms with E-state index in [1.807, 2.05) is 0 Å². The maximum Gasteiger partial charge on any atom is 0.328 e. The molecule has 0 bridgehead atoms. The summed E-state index contributed by atoms with van der Waals surface area (Å²) in [6, 6.07) is 0. The van der Waals surface area contributed by atoms with Gasteiger partial charge in [-0.1, -0.05) is 0 Å². The molecule has 1 heterocycles. The van der Waals surface area contributed by atoms with Crippen molar-refractivity contribution < 1.29 is 24.5 Å². The lowest BCUT2D eigenvalue weighted by atomic mass is 10.4. The molecule has 0 amide bonds. The van der Waals surface area contributed by atoms with Crippen molar-refractivity contribution in [1.82, 2.24) is 4.90 Å². The van der Waals surface area contributed by atoms with Crippen molar-refractivity contribution >= 4 is 11.9 Å². The molecule has 0 aromatic carbocycles. The third kappa shape index (κ3) is 10.9. The second-order valence-electron chi connectivity index (χ2n) is 3.55. The number of ether oxygens (including phenoxy) is 1. The van der Waals surface area contributed by atoms with Gasteiger partial charge in [-0.2, -0.15) is 0 Å². The molecule has 0 saturated carbocycles. The molecule has 98 valence electrons. The van der Waals surface area contributed by atoms with Gasteiger partial charge >= 0.3 is 11.9 Å². The molecule has 1 aliphatic heterocycles. The summed E-state index contributed by atoms with van der Waals surface area (Å²) >= 11 is 0. The molecule has 17 heavy (non-hydrogen) atoms. The average molecular weight is 245 g/mol. The van der Waals surface area contributed by atoms with Gasteiger partial charge in [0.05, 0.1) is 6.61 Å². The zero-order valence-electron chi connectivity index (χ0n) is 9.96. The van der Waals surface area contributed by atoms with Gasteiger partial charge < -0.3 is 19.8 Å². The summed E-state index contributed by atoms with van der Waals surface area (Å²) in [5, 5.41) is 15.6. The number of likely N-dealkylation sites (tertiary alicyclic amines) is 1. The predicted molar refractivity (Wildman–Crippen MR) is 62.0 cm³/mol. The van der Waals surface area contributed by atoms with Crippen LogP contribution in [0.2, 0.25) is 0 Å². The monoisotopic (exact) mass is 245 g/mol. The maximum absolute atomic E-state index is 9.55. The molecule has 0 aliphatic carbocycles. The van der Waals surface area contributed by atoms with Gasteiger partial charge in [0.25, 0.3) is 0 Å². The molecule has 1 saturated heterocycles. The third-order valence-electron chi connectivity index (χ3n) is 2.18. The normalized spacial score (nSPS) is 15.6. The van der Waals surface area contributed by atoms with Crippen molar-refractivity contribution in [3.8, 4) is 0 Å². The second kappa shape index (κ2) is 9.80. The van der Waals surface area contributed by atoms with E-state index in [-0.39, 0.29) is 0 Å². The van der Waals surface area contributed by atoms with E-state index < -0.39 is 11.9 Å². The minimum absolute atomic E-state index is 0.558. The number of carbonyl (C=O) groups is 2. The summed E-state index contributed by atoms with van der Waals surface area (Å²) in [6.45, 7) is 4.57. The predicted octanol–water partition coefficient (Wildman–Crippen LogP) is 0.440. The fourth-order valence-corrected chi connectivity index (χ4v) is 1.37. The van der Waals surface area contributed by atoms with Crippen LogP contribution in [-0.2, 0) is 14.3 Å². The number of aliphatic carboxylic acids is 2. The van der Waals surface area contributed by atoms with Crippen molar-refractivity contribution in [2.75, 3.05) is 33.4 Å². The number of hydrogen-bond acceptors (Lipinski definition) is 4. The van der Waals surface area contributed by atoms with Gasteiger partial charge in [0.1, 0.15) is 0 Å². The van der Waals surface area contributed by atoms with Crippen LogP contribution in [0.4, 0.5) is 0 Å². The molecule has 2 N–H and O–H groups in total. The fourth-order valence-electron chi connectivity index (χ4n) is 1.37. The van der Waals surface area contributed by atoms with Crippen molar-refractivity contribution in [3.63, 3.8) is 0 Å². The minimum atomic E-state index is -1.26. The zero-order chi connectivity index (χ0) is 13.1. The average Bonchev–Trinajstić information content (AvgIpc) is 2.77. The lowest BCUT2D eigenvalue weighted by Crippen LogP contribution is -2.23. The van der Waals surface area contributed by atoms with Gasteiger partial charge in [-0.05, 0) is 25.9 Å². The van der Waals surface area contributed by atoms with Crippen LogP contribution < -0.4 is 0 Å². The Hall–Kier alpha value is -1.40. The van der Waals surface area contributed by atoms with E-state index in [0.29, 0.717) is 12.2 Å². The number of carboxylic acids is 2. The molecule has 6 heteroatoms. The van der Waals surface area contributed by atoms with Crippen LogP contribution in [0.25, 0.3) is 0 Å². The highest BCUT2D eigenvalue weighted by atomic mass is 16.5. The van der Waals surface area contributed by atoms with Crippen molar-refractivity contribution in [2.24, 2.45) is 0 Å². The molecular weight excluding hydrogens is 226 g/mol. The van der Waals surface area contributed by atoms with Gasteiger partial charge in [-0.15, -0.1) is 0 Å². The maximum atomic E-state index is 9.55. The number of carboxylic acid groups (broad SMARTS) is 2. The Labute approximate surface area is 100 Å². The summed E-state index contributed by atoms with van der Waals surface area (Å²) < 4.78 is 4.96. The van der Waals surface area contributed by atoms with Crippen molar-refractivity contribution in [2.45, 2.75) is 12.8 Å². The first-order chi connectivity index (χ1) is 8.06. The third-order valence-corrected chi connectivity index (χ3v) is 2.18. The first-order valence-electron chi connectivity index (χ1n) is 5.41. The van der Waals surface area contributed by atoms with Gasteiger partial charge in [0.15, 0.2) is 0 Å². The van der Waals surface area contributed by atoms with Gasteiger partial charge in [-0.25, -0.2) is 9.59 Å². The van der Waals surface area contributed by atoms with E-state index in [9.17, 15) is 9.59 Å². The Morgan fingerprint density at radius 1 is 1.18 bits per heavy atom. The summed E-state index contributed by atoms with van der Waals surface area (Å²) in [5.41, 5.74) is 0. The van der Waals surface area contributed by atoms with Crippen LogP contribution in [0, 0.1) is 0 Å². The van der Waals surface area contributed by atoms with Crippen LogP contribution >= 0.6 is 0 Å². The Kier molecular flexibility index (Phi) is 8.99. The van der Waals surface area contributed by atoms with Crippen LogP contribution in [0.5, 0.6) is 0 Å². The Balaban J connectivity index is 0.000000304. The van der Waals surface area contributed by atoms with Crippen LogP contribution in [-0.4, -0.2) is 60.4 Å². The van der Waals surface area contributed by atoms with Crippen LogP contribution in [0.3, 0.4) is 0 Å². The first-order valence-corrected chi connectivity index (χ1v) is 5.41. The number of hydrogen-bond donors (Lipinski definition) is 2. The highest BCUT2D eigenvalue weighted by molar-refractivity contribution is 5.89. The van der Waals surface area contributed by atoms with E-state index in [0.717, 1.165) is 13.2 Å². The van der Waals surface area contributed by atoms with E-state index in [2.05, 4.69) is 4.90 Å². The van der Waals surface area contributed by atoms with E-state index in [1.54, 1.807) is 7.11 Å². The van der Waals surface area contributed by atoms with E-state index in [4.69, 9.17) is 14.9 Å². The van der Waals surface area contributed by atoms with Gasteiger partial charge in [-0.3, -0.25) is 0 Å². The Bertz CT molecular complexity index is 243. The number of methoxy groups -OCH3 is 1. The molecule has 0 radical (unpaired) electrons. The van der Waals surface area contributed by atoms with E-state index in [1.165, 1.54) is 25.9 Å². The topological polar surface area (TPSA) is 87.1 Å². The molecule has 6 nitrogen and oxygen atoms in total. The van der Waals surface area contributed by atoms with Gasteiger partial charge in [0.2, 0.25) is 0 Å². The Morgan fingerprint density at radius 3 is 2.00 bits per heavy atom. The molecule has 1 aliphatic rings.